The zero-order valence-corrected chi connectivity index (χ0v) is 18.5. The van der Waals surface area contributed by atoms with Crippen molar-refractivity contribution in [1.29, 1.82) is 0 Å². The minimum absolute atomic E-state index is 0. The van der Waals surface area contributed by atoms with Gasteiger partial charge in [0.25, 0.3) is 0 Å². The Labute approximate surface area is 182 Å². The van der Waals surface area contributed by atoms with E-state index in [1.807, 2.05) is 32.0 Å². The number of nitrogens with one attached hydrogen (secondary N) is 3. The van der Waals surface area contributed by atoms with E-state index in [1.165, 1.54) is 6.07 Å². The van der Waals surface area contributed by atoms with Gasteiger partial charge in [-0.1, -0.05) is 24.3 Å². The number of carbonyl (C=O) groups is 1. The quantitative estimate of drug-likeness (QED) is 0.296. The average Bonchev–Trinajstić information content (AvgIpc) is 2.63. The summed E-state index contributed by atoms with van der Waals surface area (Å²) in [6.07, 6.45) is 0.802. The Hall–Kier alpha value is -2.23. The molecule has 6 nitrogen and oxygen atoms in total. The maximum absolute atomic E-state index is 13.6. The van der Waals surface area contributed by atoms with E-state index in [1.54, 1.807) is 18.2 Å². The summed E-state index contributed by atoms with van der Waals surface area (Å²) in [4.78, 5) is 20.6. The van der Waals surface area contributed by atoms with Crippen molar-refractivity contribution in [1.82, 2.24) is 15.6 Å². The summed E-state index contributed by atoms with van der Waals surface area (Å²) in [7, 11) is 0. The van der Waals surface area contributed by atoms with Crippen LogP contribution in [0, 0.1) is 12.7 Å². The molecule has 2 aromatic rings. The zero-order chi connectivity index (χ0) is 19.5. The molecule has 0 saturated carbocycles. The molecular weight excluding hydrogens is 472 g/mol. The molecule has 2 rings (SSSR count). The van der Waals surface area contributed by atoms with Gasteiger partial charge in [-0.3, -0.25) is 9.79 Å². The summed E-state index contributed by atoms with van der Waals surface area (Å²) in [6, 6.07) is 12.2. The summed E-state index contributed by atoms with van der Waals surface area (Å²) in [5, 5.41) is 9.03. The molecule has 0 aliphatic carbocycles. The average molecular weight is 499 g/mol. The van der Waals surface area contributed by atoms with Crippen LogP contribution in [0.2, 0.25) is 0 Å². The van der Waals surface area contributed by atoms with Gasteiger partial charge >= 0.3 is 0 Å². The van der Waals surface area contributed by atoms with Crippen LogP contribution in [0.3, 0.4) is 0 Å². The van der Waals surface area contributed by atoms with Crippen LogP contribution < -0.4 is 16.0 Å². The Kier molecular flexibility index (Phi) is 11.1. The molecule has 1 aromatic carbocycles. The predicted molar refractivity (Wildman–Crippen MR) is 122 cm³/mol. The molecule has 0 spiro atoms. The summed E-state index contributed by atoms with van der Waals surface area (Å²) in [6.45, 7) is 5.42. The Balaban J connectivity index is 0.00000392. The van der Waals surface area contributed by atoms with Gasteiger partial charge in [0.15, 0.2) is 5.96 Å². The molecule has 3 N–H and O–H groups in total. The molecule has 0 bridgehead atoms. The van der Waals surface area contributed by atoms with Gasteiger partial charge in [0.2, 0.25) is 5.91 Å². The van der Waals surface area contributed by atoms with E-state index in [4.69, 9.17) is 0 Å². The summed E-state index contributed by atoms with van der Waals surface area (Å²) in [5.74, 6) is 0.802. The number of pyridine rings is 1. The van der Waals surface area contributed by atoms with Crippen molar-refractivity contribution in [3.05, 3.63) is 59.5 Å². The van der Waals surface area contributed by atoms with E-state index in [0.717, 1.165) is 5.69 Å². The van der Waals surface area contributed by atoms with Gasteiger partial charge in [-0.05, 0) is 44.0 Å². The number of aliphatic imine (C=N–C) groups is 1. The third-order valence-corrected chi connectivity index (χ3v) is 3.75. The smallest absolute Gasteiger partial charge is 0.227 e. The fourth-order valence-electron chi connectivity index (χ4n) is 2.45. The van der Waals surface area contributed by atoms with Crippen LogP contribution in [0.25, 0.3) is 0 Å². The van der Waals surface area contributed by atoms with Gasteiger partial charge in [0.1, 0.15) is 11.6 Å². The molecule has 1 amide bonds. The molecule has 8 heteroatoms. The monoisotopic (exact) mass is 499 g/mol. The van der Waals surface area contributed by atoms with Gasteiger partial charge in [-0.2, -0.15) is 0 Å². The fourth-order valence-corrected chi connectivity index (χ4v) is 2.45. The van der Waals surface area contributed by atoms with Crippen LogP contribution in [-0.2, 0) is 11.2 Å². The molecule has 0 radical (unpaired) electrons. The van der Waals surface area contributed by atoms with Gasteiger partial charge in [0, 0.05) is 25.2 Å². The third-order valence-electron chi connectivity index (χ3n) is 3.75. The van der Waals surface area contributed by atoms with Gasteiger partial charge in [-0.15, -0.1) is 24.0 Å². The van der Waals surface area contributed by atoms with Crippen molar-refractivity contribution in [3.63, 3.8) is 0 Å². The molecule has 1 heterocycles. The highest BCUT2D eigenvalue weighted by molar-refractivity contribution is 14.0. The number of guanidine groups is 1. The van der Waals surface area contributed by atoms with Crippen LogP contribution in [0.1, 0.15) is 24.6 Å². The molecule has 0 aliphatic heterocycles. The Bertz CT molecular complexity index is 785. The molecule has 0 atom stereocenters. The van der Waals surface area contributed by atoms with E-state index in [9.17, 15) is 9.18 Å². The first kappa shape index (κ1) is 23.8. The van der Waals surface area contributed by atoms with Crippen LogP contribution in [0.4, 0.5) is 10.2 Å². The zero-order valence-electron chi connectivity index (χ0n) is 16.2. The SMILES string of the molecule is CCNC(=NCCC(=O)Nc1cccc(C)n1)NCCc1ccccc1F.I. The molecule has 0 aliphatic rings. The largest absolute Gasteiger partial charge is 0.357 e. The summed E-state index contributed by atoms with van der Waals surface area (Å²) < 4.78 is 13.6. The lowest BCUT2D eigenvalue weighted by atomic mass is 10.1. The van der Waals surface area contributed by atoms with Crippen molar-refractivity contribution in [2.24, 2.45) is 4.99 Å². The summed E-state index contributed by atoms with van der Waals surface area (Å²) >= 11 is 0. The number of aromatic nitrogens is 1. The minimum Gasteiger partial charge on any atom is -0.357 e. The van der Waals surface area contributed by atoms with Crippen molar-refractivity contribution in [2.45, 2.75) is 26.7 Å². The number of hydrogen-bond donors (Lipinski definition) is 3. The van der Waals surface area contributed by atoms with E-state index < -0.39 is 0 Å². The second kappa shape index (κ2) is 13.0. The van der Waals surface area contributed by atoms with Crippen molar-refractivity contribution < 1.29 is 9.18 Å². The van der Waals surface area contributed by atoms with Crippen molar-refractivity contribution >= 4 is 41.7 Å². The van der Waals surface area contributed by atoms with Gasteiger partial charge in [-0.25, -0.2) is 9.37 Å². The van der Waals surface area contributed by atoms with E-state index in [2.05, 4.69) is 25.9 Å². The van der Waals surface area contributed by atoms with Crippen LogP contribution in [0.5, 0.6) is 0 Å². The number of carbonyl (C=O) groups excluding carboxylic acids is 1. The lowest BCUT2D eigenvalue weighted by Gasteiger charge is -2.11. The Morgan fingerprint density at radius 1 is 1.14 bits per heavy atom. The van der Waals surface area contributed by atoms with Crippen molar-refractivity contribution in [2.75, 3.05) is 25.0 Å². The topological polar surface area (TPSA) is 78.4 Å². The first-order valence-corrected chi connectivity index (χ1v) is 9.07. The molecular formula is C20H27FIN5O. The van der Waals surface area contributed by atoms with E-state index in [-0.39, 0.29) is 42.1 Å². The Morgan fingerprint density at radius 3 is 2.64 bits per heavy atom. The van der Waals surface area contributed by atoms with Gasteiger partial charge in [0.05, 0.1) is 6.54 Å². The molecule has 1 aromatic heterocycles. The number of aryl methyl sites for hydroxylation is 1. The van der Waals surface area contributed by atoms with E-state index in [0.29, 0.717) is 43.4 Å². The number of anilines is 1. The standard InChI is InChI=1S/C20H26FN5O.HI/c1-3-22-20(23-13-11-16-8-4-5-9-17(16)21)24-14-12-19(27)26-18-10-6-7-15(2)25-18;/h4-10H,3,11-14H2,1-2H3,(H2,22,23,24)(H,25,26,27);1H. The molecule has 28 heavy (non-hydrogen) atoms. The second-order valence-corrected chi connectivity index (χ2v) is 5.99. The number of hydrogen-bond acceptors (Lipinski definition) is 3. The number of rotatable bonds is 8. The van der Waals surface area contributed by atoms with Crippen LogP contribution in [0.15, 0.2) is 47.5 Å². The number of benzene rings is 1. The maximum Gasteiger partial charge on any atom is 0.227 e. The lowest BCUT2D eigenvalue weighted by Crippen LogP contribution is -2.38. The highest BCUT2D eigenvalue weighted by atomic mass is 127. The maximum atomic E-state index is 13.6. The third kappa shape index (κ3) is 8.64. The second-order valence-electron chi connectivity index (χ2n) is 5.99. The highest BCUT2D eigenvalue weighted by Gasteiger charge is 2.05. The summed E-state index contributed by atoms with van der Waals surface area (Å²) in [5.41, 5.74) is 1.50. The molecule has 0 unspecified atom stereocenters. The first-order valence-electron chi connectivity index (χ1n) is 9.07. The van der Waals surface area contributed by atoms with Crippen molar-refractivity contribution in [3.8, 4) is 0 Å². The van der Waals surface area contributed by atoms with Crippen LogP contribution in [-0.4, -0.2) is 36.5 Å². The Morgan fingerprint density at radius 2 is 1.93 bits per heavy atom. The first-order chi connectivity index (χ1) is 13.1. The lowest BCUT2D eigenvalue weighted by molar-refractivity contribution is -0.116. The molecule has 152 valence electrons. The predicted octanol–water partition coefficient (Wildman–Crippen LogP) is 3.27. The van der Waals surface area contributed by atoms with Gasteiger partial charge < -0.3 is 16.0 Å². The van der Waals surface area contributed by atoms with Crippen LogP contribution >= 0.6 is 24.0 Å². The molecule has 0 saturated heterocycles. The van der Waals surface area contributed by atoms with E-state index >= 15 is 0 Å². The fraction of sp³-hybridized carbons (Fsp3) is 0.350. The number of halogens is 2. The highest BCUT2D eigenvalue weighted by Crippen LogP contribution is 2.06. The minimum atomic E-state index is -0.206. The number of nitrogens with zero attached hydrogens (tertiary/aromatic N) is 2. The number of amides is 1. The normalized spacial score (nSPS) is 10.8. The molecule has 0 fully saturated rings.